The summed E-state index contributed by atoms with van der Waals surface area (Å²) < 4.78 is 13.4. The molecule has 0 saturated carbocycles. The van der Waals surface area contributed by atoms with Crippen LogP contribution in [0.4, 0.5) is 10.1 Å². The molecule has 0 spiro atoms. The van der Waals surface area contributed by atoms with Gasteiger partial charge in [-0.25, -0.2) is 9.37 Å². The number of amides is 1. The molecule has 0 aliphatic heterocycles. The van der Waals surface area contributed by atoms with Gasteiger partial charge in [-0.1, -0.05) is 60.6 Å². The summed E-state index contributed by atoms with van der Waals surface area (Å²) in [5.74, 6) is -0.359. The summed E-state index contributed by atoms with van der Waals surface area (Å²) in [5.41, 5.74) is 4.34. The number of hydrogen-bond acceptors (Lipinski definition) is 4. The number of fused-ring (bicyclic) bond motifs is 1. The highest BCUT2D eigenvalue weighted by atomic mass is 35.5. The minimum absolute atomic E-state index is 0.0505. The molecule has 0 bridgehead atoms. The second-order valence-corrected chi connectivity index (χ2v) is 9.64. The number of rotatable bonds is 6. The first kappa shape index (κ1) is 23.3. The van der Waals surface area contributed by atoms with E-state index < -0.39 is 11.1 Å². The summed E-state index contributed by atoms with van der Waals surface area (Å²) >= 11 is 7.11. The maximum Gasteiger partial charge on any atom is 0.237 e. The van der Waals surface area contributed by atoms with Gasteiger partial charge in [0.2, 0.25) is 5.91 Å². The first-order valence-electron chi connectivity index (χ1n) is 10.9. The number of anilines is 1. The number of halogens is 2. The highest BCUT2D eigenvalue weighted by Crippen LogP contribution is 2.36. The predicted molar refractivity (Wildman–Crippen MR) is 130 cm³/mol. The molecule has 1 heterocycles. The van der Waals surface area contributed by atoms with E-state index in [4.69, 9.17) is 16.6 Å². The van der Waals surface area contributed by atoms with Gasteiger partial charge < -0.3 is 5.32 Å². The lowest BCUT2D eigenvalue weighted by Gasteiger charge is -2.25. The summed E-state index contributed by atoms with van der Waals surface area (Å²) in [4.78, 5) is 17.7. The second kappa shape index (κ2) is 10.4. The van der Waals surface area contributed by atoms with Gasteiger partial charge in [0, 0.05) is 11.4 Å². The maximum atomic E-state index is 13.4. The van der Waals surface area contributed by atoms with Crippen molar-refractivity contribution in [1.29, 1.82) is 5.26 Å². The van der Waals surface area contributed by atoms with Gasteiger partial charge in [-0.3, -0.25) is 4.79 Å². The van der Waals surface area contributed by atoms with E-state index >= 15 is 0 Å². The number of nitriles is 1. The van der Waals surface area contributed by atoms with Crippen molar-refractivity contribution >= 4 is 35.0 Å². The third kappa shape index (κ3) is 5.38. The van der Waals surface area contributed by atoms with Crippen LogP contribution in [0.15, 0.2) is 59.6 Å². The number of hydrogen-bond donors (Lipinski definition) is 1. The first-order chi connectivity index (χ1) is 16.0. The van der Waals surface area contributed by atoms with E-state index in [0.717, 1.165) is 30.5 Å². The van der Waals surface area contributed by atoms with Crippen LogP contribution >= 0.6 is 23.4 Å². The molecule has 4 rings (SSSR count). The van der Waals surface area contributed by atoms with Crippen LogP contribution < -0.4 is 5.32 Å². The molecular weight excluding hydrogens is 457 g/mol. The molecular formula is C26H23ClFN3OS. The Morgan fingerprint density at radius 2 is 2.09 bits per heavy atom. The van der Waals surface area contributed by atoms with Gasteiger partial charge in [-0.2, -0.15) is 5.26 Å². The molecule has 4 nitrogen and oxygen atoms in total. The number of benzene rings is 2. The van der Waals surface area contributed by atoms with Crippen LogP contribution in [0.3, 0.4) is 0 Å². The number of thioether (sulfide) groups is 1. The third-order valence-corrected chi connectivity index (χ3v) is 7.50. The zero-order valence-electron chi connectivity index (χ0n) is 18.1. The topological polar surface area (TPSA) is 65.8 Å². The fraction of sp³-hybridized carbons (Fsp3) is 0.269. The van der Waals surface area contributed by atoms with Gasteiger partial charge >= 0.3 is 0 Å². The molecule has 0 radical (unpaired) electrons. The summed E-state index contributed by atoms with van der Waals surface area (Å²) in [6.45, 7) is 1.91. The summed E-state index contributed by atoms with van der Waals surface area (Å²) in [5, 5.41) is 12.6. The molecule has 3 aromatic rings. The normalized spacial score (nSPS) is 15.9. The van der Waals surface area contributed by atoms with E-state index in [0.29, 0.717) is 28.6 Å². The Balaban J connectivity index is 1.52. The maximum absolute atomic E-state index is 13.4. The van der Waals surface area contributed by atoms with Crippen molar-refractivity contribution in [1.82, 2.24) is 4.98 Å². The fourth-order valence-corrected chi connectivity index (χ4v) is 5.26. The van der Waals surface area contributed by atoms with Gasteiger partial charge in [0.1, 0.15) is 16.9 Å². The van der Waals surface area contributed by atoms with Gasteiger partial charge in [0.15, 0.2) is 0 Å². The van der Waals surface area contributed by atoms with Crippen molar-refractivity contribution in [2.45, 2.75) is 48.8 Å². The van der Waals surface area contributed by atoms with Crippen LogP contribution in [-0.2, 0) is 17.6 Å². The molecule has 1 amide bonds. The molecule has 168 valence electrons. The van der Waals surface area contributed by atoms with Crippen molar-refractivity contribution in [3.63, 3.8) is 0 Å². The molecule has 2 unspecified atom stereocenters. The summed E-state index contributed by atoms with van der Waals surface area (Å²) in [6, 6.07) is 18.7. The number of pyridine rings is 1. The smallest absolute Gasteiger partial charge is 0.237 e. The molecule has 1 aliphatic rings. The summed E-state index contributed by atoms with van der Waals surface area (Å²) in [6.07, 6.45) is 3.24. The fourth-order valence-electron chi connectivity index (χ4n) is 4.08. The molecule has 1 N–H and O–H groups in total. The van der Waals surface area contributed by atoms with E-state index in [1.54, 1.807) is 0 Å². The Kier molecular flexibility index (Phi) is 7.32. The van der Waals surface area contributed by atoms with E-state index in [1.807, 2.05) is 19.1 Å². The number of nitrogens with one attached hydrogen (secondary N) is 1. The van der Waals surface area contributed by atoms with Crippen LogP contribution in [0.25, 0.3) is 0 Å². The predicted octanol–water partition coefficient (Wildman–Crippen LogP) is 6.53. The Morgan fingerprint density at radius 3 is 2.79 bits per heavy atom. The van der Waals surface area contributed by atoms with Crippen molar-refractivity contribution < 1.29 is 9.18 Å². The van der Waals surface area contributed by atoms with Gasteiger partial charge in [0.25, 0.3) is 0 Å². The number of nitrogens with zero attached hydrogens (tertiary/aromatic N) is 2. The van der Waals surface area contributed by atoms with Crippen LogP contribution in [-0.4, -0.2) is 16.1 Å². The average Bonchev–Trinajstić information content (AvgIpc) is 2.84. The van der Waals surface area contributed by atoms with E-state index in [1.165, 1.54) is 35.5 Å². The van der Waals surface area contributed by atoms with Crippen molar-refractivity contribution in [2.24, 2.45) is 0 Å². The Bertz CT molecular complexity index is 1210. The van der Waals surface area contributed by atoms with E-state index in [2.05, 4.69) is 35.7 Å². The monoisotopic (exact) mass is 479 g/mol. The molecule has 1 aliphatic carbocycles. The molecule has 33 heavy (non-hydrogen) atoms. The molecule has 2 aromatic carbocycles. The van der Waals surface area contributed by atoms with Crippen LogP contribution in [0, 0.1) is 17.1 Å². The minimum Gasteiger partial charge on any atom is -0.325 e. The van der Waals surface area contributed by atoms with E-state index in [9.17, 15) is 14.4 Å². The van der Waals surface area contributed by atoms with Gasteiger partial charge in [-0.15, -0.1) is 0 Å². The Hall–Kier alpha value is -2.88. The first-order valence-corrected chi connectivity index (χ1v) is 12.1. The van der Waals surface area contributed by atoms with Crippen molar-refractivity contribution in [2.75, 3.05) is 5.32 Å². The molecule has 2 atom stereocenters. The number of carbonyl (C=O) groups is 1. The molecule has 0 saturated heterocycles. The minimum atomic E-state index is -0.539. The quantitative estimate of drug-likeness (QED) is 0.408. The standard InChI is InChI=1S/C26H23ClFN3OS/c1-2-24(25(32)30-20-9-10-22(28)21(27)14-20)33-26-19(15-29)13-18-12-17(8-11-23(18)31-26)16-6-4-3-5-7-16/h3-7,9-10,13-14,17,24H,2,8,11-12H2,1H3,(H,30,32). The zero-order valence-corrected chi connectivity index (χ0v) is 19.7. The lowest BCUT2D eigenvalue weighted by atomic mass is 9.82. The van der Waals surface area contributed by atoms with Crippen LogP contribution in [0.1, 0.15) is 48.1 Å². The highest BCUT2D eigenvalue weighted by molar-refractivity contribution is 8.00. The largest absolute Gasteiger partial charge is 0.325 e. The average molecular weight is 480 g/mol. The third-order valence-electron chi connectivity index (χ3n) is 5.85. The van der Waals surface area contributed by atoms with Gasteiger partial charge in [-0.05, 0) is 67.0 Å². The molecule has 1 aromatic heterocycles. The number of aryl methyl sites for hydroxylation is 1. The lowest BCUT2D eigenvalue weighted by molar-refractivity contribution is -0.115. The zero-order chi connectivity index (χ0) is 23.4. The second-order valence-electron chi connectivity index (χ2n) is 8.04. The molecule has 7 heteroatoms. The number of carbonyl (C=O) groups excluding carboxylic acids is 1. The van der Waals surface area contributed by atoms with E-state index in [-0.39, 0.29) is 10.9 Å². The summed E-state index contributed by atoms with van der Waals surface area (Å²) in [7, 11) is 0. The Labute approximate surface area is 202 Å². The number of aromatic nitrogens is 1. The SMILES string of the molecule is CCC(Sc1nc2c(cc1C#N)CC(c1ccccc1)CC2)C(=O)Nc1ccc(F)c(Cl)c1. The van der Waals surface area contributed by atoms with Crippen molar-refractivity contribution in [3.8, 4) is 6.07 Å². The molecule has 0 fully saturated rings. The Morgan fingerprint density at radius 1 is 1.30 bits per heavy atom. The lowest BCUT2D eigenvalue weighted by Crippen LogP contribution is -2.25. The van der Waals surface area contributed by atoms with Crippen molar-refractivity contribution in [3.05, 3.63) is 87.8 Å². The van der Waals surface area contributed by atoms with Crippen LogP contribution in [0.2, 0.25) is 5.02 Å². The van der Waals surface area contributed by atoms with Crippen LogP contribution in [0.5, 0.6) is 0 Å². The highest BCUT2D eigenvalue weighted by Gasteiger charge is 2.26. The van der Waals surface area contributed by atoms with Gasteiger partial charge in [0.05, 0.1) is 15.8 Å².